The third kappa shape index (κ3) is 3.45. The molecular formula is C14H21NO3. The molecule has 0 aliphatic heterocycles. The van der Waals surface area contributed by atoms with Crippen molar-refractivity contribution in [1.29, 1.82) is 0 Å². The van der Waals surface area contributed by atoms with Crippen LogP contribution in [0.15, 0.2) is 12.1 Å². The zero-order valence-electron chi connectivity index (χ0n) is 11.1. The molecule has 1 rings (SSSR count). The van der Waals surface area contributed by atoms with Crippen molar-refractivity contribution < 1.29 is 10.0 Å². The van der Waals surface area contributed by atoms with Gasteiger partial charge >= 0.3 is 5.69 Å². The van der Waals surface area contributed by atoms with Crippen molar-refractivity contribution in [2.75, 3.05) is 0 Å². The molecule has 4 nitrogen and oxygen atoms in total. The minimum Gasteiger partial charge on any atom is -0.502 e. The number of aryl methyl sites for hydroxylation is 1. The van der Waals surface area contributed by atoms with Crippen LogP contribution in [-0.2, 0) is 12.8 Å². The molecule has 0 radical (unpaired) electrons. The molecule has 0 aliphatic carbocycles. The highest BCUT2D eigenvalue weighted by Crippen LogP contribution is 2.34. The average Bonchev–Trinajstić information content (AvgIpc) is 2.34. The summed E-state index contributed by atoms with van der Waals surface area (Å²) < 4.78 is 0. The zero-order chi connectivity index (χ0) is 13.5. The van der Waals surface area contributed by atoms with Gasteiger partial charge in [-0.05, 0) is 37.3 Å². The van der Waals surface area contributed by atoms with Crippen LogP contribution in [0, 0.1) is 10.1 Å². The monoisotopic (exact) mass is 251 g/mol. The number of unbranched alkanes of at least 4 members (excludes halogenated alkanes) is 2. The molecule has 0 atom stereocenters. The molecule has 18 heavy (non-hydrogen) atoms. The first kappa shape index (κ1) is 14.5. The van der Waals surface area contributed by atoms with Crippen LogP contribution in [-0.4, -0.2) is 10.0 Å². The molecule has 100 valence electrons. The predicted molar refractivity (Wildman–Crippen MR) is 72.0 cm³/mol. The molecule has 1 aromatic carbocycles. The lowest BCUT2D eigenvalue weighted by Crippen LogP contribution is -2.01. The summed E-state index contributed by atoms with van der Waals surface area (Å²) >= 11 is 0. The zero-order valence-corrected chi connectivity index (χ0v) is 11.1. The van der Waals surface area contributed by atoms with E-state index in [0.29, 0.717) is 6.42 Å². The van der Waals surface area contributed by atoms with Crippen molar-refractivity contribution in [2.45, 2.75) is 52.4 Å². The van der Waals surface area contributed by atoms with Gasteiger partial charge in [0.25, 0.3) is 0 Å². The Morgan fingerprint density at radius 2 is 1.78 bits per heavy atom. The number of phenolic OH excluding ortho intramolecular Hbond substituents is 1. The summed E-state index contributed by atoms with van der Waals surface area (Å²) in [6.07, 6.45) is 5.48. The van der Waals surface area contributed by atoms with E-state index in [9.17, 15) is 15.2 Å². The van der Waals surface area contributed by atoms with Gasteiger partial charge in [-0.1, -0.05) is 32.8 Å². The second-order valence-corrected chi connectivity index (χ2v) is 4.54. The van der Waals surface area contributed by atoms with Gasteiger partial charge < -0.3 is 5.11 Å². The molecule has 0 fully saturated rings. The van der Waals surface area contributed by atoms with Crippen LogP contribution in [0.25, 0.3) is 0 Å². The summed E-state index contributed by atoms with van der Waals surface area (Å²) in [6.45, 7) is 4.15. The third-order valence-corrected chi connectivity index (χ3v) is 3.12. The van der Waals surface area contributed by atoms with Gasteiger partial charge in [-0.15, -0.1) is 0 Å². The summed E-state index contributed by atoms with van der Waals surface area (Å²) in [7, 11) is 0. The summed E-state index contributed by atoms with van der Waals surface area (Å²) in [6, 6.07) is 3.27. The number of hydrogen-bond acceptors (Lipinski definition) is 3. The van der Waals surface area contributed by atoms with Crippen molar-refractivity contribution >= 4 is 5.69 Å². The lowest BCUT2D eigenvalue weighted by Gasteiger charge is -2.10. The standard InChI is InChI=1S/C14H21NO3/c1-3-5-7-11-9-10-13(16)14(15(17)18)12(11)8-6-4-2/h9-10,16H,3-8H2,1-2H3. The molecule has 0 spiro atoms. The Morgan fingerprint density at radius 3 is 2.33 bits per heavy atom. The molecule has 0 heterocycles. The first-order valence-corrected chi connectivity index (χ1v) is 6.59. The number of hydrogen-bond donors (Lipinski definition) is 1. The summed E-state index contributed by atoms with van der Waals surface area (Å²) in [4.78, 5) is 10.6. The number of aromatic hydroxyl groups is 1. The largest absolute Gasteiger partial charge is 0.502 e. The second kappa shape index (κ2) is 6.99. The molecule has 0 aliphatic rings. The maximum absolute atomic E-state index is 11.1. The first-order valence-electron chi connectivity index (χ1n) is 6.59. The lowest BCUT2D eigenvalue weighted by molar-refractivity contribution is -0.386. The Balaban J connectivity index is 3.16. The van der Waals surface area contributed by atoms with E-state index in [2.05, 4.69) is 13.8 Å². The van der Waals surface area contributed by atoms with Crippen molar-refractivity contribution in [3.63, 3.8) is 0 Å². The van der Waals surface area contributed by atoms with Crippen LogP contribution in [0.4, 0.5) is 5.69 Å². The minimum absolute atomic E-state index is 0.1000. The SMILES string of the molecule is CCCCc1ccc(O)c([N+](=O)[O-])c1CCCC. The molecule has 0 bridgehead atoms. The second-order valence-electron chi connectivity index (χ2n) is 4.54. The van der Waals surface area contributed by atoms with Gasteiger partial charge in [0.2, 0.25) is 0 Å². The number of rotatable bonds is 7. The van der Waals surface area contributed by atoms with Crippen LogP contribution in [0.5, 0.6) is 5.75 Å². The lowest BCUT2D eigenvalue weighted by atomic mass is 9.96. The van der Waals surface area contributed by atoms with E-state index in [1.165, 1.54) is 6.07 Å². The first-order chi connectivity index (χ1) is 8.61. The van der Waals surface area contributed by atoms with Crippen LogP contribution in [0.1, 0.15) is 50.7 Å². The fourth-order valence-corrected chi connectivity index (χ4v) is 2.10. The average molecular weight is 251 g/mol. The molecule has 0 unspecified atom stereocenters. The van der Waals surface area contributed by atoms with Gasteiger partial charge in [0.15, 0.2) is 5.75 Å². The number of nitro groups is 1. The number of nitrogens with zero attached hydrogens (tertiary/aromatic N) is 1. The summed E-state index contributed by atoms with van der Waals surface area (Å²) in [5.74, 6) is -0.216. The maximum atomic E-state index is 11.1. The normalized spacial score (nSPS) is 10.6. The van der Waals surface area contributed by atoms with Crippen LogP contribution < -0.4 is 0 Å². The van der Waals surface area contributed by atoms with E-state index in [1.807, 2.05) is 6.07 Å². The van der Waals surface area contributed by atoms with Gasteiger partial charge in [-0.3, -0.25) is 10.1 Å². The Hall–Kier alpha value is -1.58. The smallest absolute Gasteiger partial charge is 0.314 e. The summed E-state index contributed by atoms with van der Waals surface area (Å²) in [5, 5.41) is 20.7. The van der Waals surface area contributed by atoms with E-state index < -0.39 is 4.92 Å². The number of phenols is 1. The fourth-order valence-electron chi connectivity index (χ4n) is 2.10. The molecular weight excluding hydrogens is 230 g/mol. The highest BCUT2D eigenvalue weighted by molar-refractivity contribution is 5.55. The van der Waals surface area contributed by atoms with Gasteiger partial charge in [-0.25, -0.2) is 0 Å². The Morgan fingerprint density at radius 1 is 1.17 bits per heavy atom. The van der Waals surface area contributed by atoms with E-state index in [4.69, 9.17) is 0 Å². The Bertz CT molecular complexity index is 416. The maximum Gasteiger partial charge on any atom is 0.314 e. The quantitative estimate of drug-likeness (QED) is 0.588. The predicted octanol–water partition coefficient (Wildman–Crippen LogP) is 3.99. The Labute approximate surface area is 108 Å². The highest BCUT2D eigenvalue weighted by Gasteiger charge is 2.22. The van der Waals surface area contributed by atoms with Gasteiger partial charge in [0.05, 0.1) is 4.92 Å². The third-order valence-electron chi connectivity index (χ3n) is 3.12. The fraction of sp³-hybridized carbons (Fsp3) is 0.571. The topological polar surface area (TPSA) is 63.4 Å². The van der Waals surface area contributed by atoms with Crippen LogP contribution in [0.3, 0.4) is 0 Å². The van der Waals surface area contributed by atoms with E-state index in [0.717, 1.165) is 43.2 Å². The highest BCUT2D eigenvalue weighted by atomic mass is 16.6. The van der Waals surface area contributed by atoms with Crippen LogP contribution in [0.2, 0.25) is 0 Å². The number of nitro benzene ring substituents is 1. The van der Waals surface area contributed by atoms with Crippen LogP contribution >= 0.6 is 0 Å². The number of benzene rings is 1. The van der Waals surface area contributed by atoms with Gasteiger partial charge in [0, 0.05) is 5.56 Å². The van der Waals surface area contributed by atoms with E-state index in [1.54, 1.807) is 0 Å². The molecule has 1 aromatic rings. The van der Waals surface area contributed by atoms with Gasteiger partial charge in [0.1, 0.15) is 0 Å². The Kier molecular flexibility index (Phi) is 5.62. The molecule has 0 amide bonds. The molecule has 0 saturated heterocycles. The van der Waals surface area contributed by atoms with E-state index >= 15 is 0 Å². The van der Waals surface area contributed by atoms with Crippen molar-refractivity contribution in [1.82, 2.24) is 0 Å². The molecule has 0 saturated carbocycles. The van der Waals surface area contributed by atoms with Crippen molar-refractivity contribution in [2.24, 2.45) is 0 Å². The van der Waals surface area contributed by atoms with Gasteiger partial charge in [-0.2, -0.15) is 0 Å². The minimum atomic E-state index is -0.463. The molecule has 0 aromatic heterocycles. The van der Waals surface area contributed by atoms with Crippen molar-refractivity contribution in [3.8, 4) is 5.75 Å². The van der Waals surface area contributed by atoms with E-state index in [-0.39, 0.29) is 11.4 Å². The molecule has 1 N–H and O–H groups in total. The molecule has 4 heteroatoms. The summed E-state index contributed by atoms with van der Waals surface area (Å²) in [5.41, 5.74) is 1.63. The van der Waals surface area contributed by atoms with Crippen molar-refractivity contribution in [3.05, 3.63) is 33.4 Å².